The van der Waals surface area contributed by atoms with Crippen molar-refractivity contribution in [1.82, 2.24) is 10.2 Å². The first-order valence-corrected chi connectivity index (χ1v) is 9.64. The van der Waals surface area contributed by atoms with Gasteiger partial charge in [0.1, 0.15) is 6.61 Å². The average molecular weight is 394 g/mol. The molecule has 150 valence electrons. The van der Waals surface area contributed by atoms with Gasteiger partial charge in [-0.15, -0.1) is 0 Å². The molecule has 7 nitrogen and oxygen atoms in total. The highest BCUT2D eigenvalue weighted by Crippen LogP contribution is 2.44. The van der Waals surface area contributed by atoms with Gasteiger partial charge in [-0.3, -0.25) is 9.59 Å². The highest BCUT2D eigenvalue weighted by molar-refractivity contribution is 5.86. The zero-order chi connectivity index (χ0) is 20.4. The van der Waals surface area contributed by atoms with Gasteiger partial charge in [-0.2, -0.15) is 0 Å². The Morgan fingerprint density at radius 3 is 2.28 bits per heavy atom. The number of carboxylic acid groups (broad SMARTS) is 1. The van der Waals surface area contributed by atoms with Crippen molar-refractivity contribution in [2.45, 2.75) is 12.3 Å². The van der Waals surface area contributed by atoms with Gasteiger partial charge in [0.15, 0.2) is 0 Å². The molecule has 4 rings (SSSR count). The number of hydrogen-bond donors (Lipinski definition) is 2. The summed E-state index contributed by atoms with van der Waals surface area (Å²) in [7, 11) is 0. The number of likely N-dealkylation sites (tertiary alicyclic amines) is 1. The molecule has 1 saturated heterocycles. The molecule has 1 fully saturated rings. The van der Waals surface area contributed by atoms with Crippen LogP contribution in [0.25, 0.3) is 11.1 Å². The number of fused-ring (bicyclic) bond motifs is 3. The monoisotopic (exact) mass is 394 g/mol. The van der Waals surface area contributed by atoms with Crippen molar-refractivity contribution in [3.8, 4) is 11.1 Å². The molecule has 1 unspecified atom stereocenters. The van der Waals surface area contributed by atoms with Crippen molar-refractivity contribution in [2.24, 2.45) is 5.92 Å². The van der Waals surface area contributed by atoms with Gasteiger partial charge in [-0.25, -0.2) is 4.79 Å². The molecule has 0 radical (unpaired) electrons. The van der Waals surface area contributed by atoms with E-state index in [1.165, 1.54) is 4.90 Å². The lowest BCUT2D eigenvalue weighted by Crippen LogP contribution is -2.36. The Kier molecular flexibility index (Phi) is 5.20. The predicted molar refractivity (Wildman–Crippen MR) is 105 cm³/mol. The van der Waals surface area contributed by atoms with Crippen molar-refractivity contribution in [2.75, 3.05) is 26.2 Å². The van der Waals surface area contributed by atoms with Gasteiger partial charge in [0, 0.05) is 32.0 Å². The summed E-state index contributed by atoms with van der Waals surface area (Å²) in [6.45, 7) is 0.895. The molecule has 1 heterocycles. The number of carbonyl (C=O) groups excluding carboxylic acids is 2. The minimum atomic E-state index is -0.967. The molecular weight excluding hydrogens is 372 g/mol. The molecule has 1 aliphatic heterocycles. The summed E-state index contributed by atoms with van der Waals surface area (Å²) in [5.74, 6) is -1.85. The highest BCUT2D eigenvalue weighted by Gasteiger charge is 2.34. The van der Waals surface area contributed by atoms with Gasteiger partial charge in [-0.05, 0) is 22.3 Å². The fraction of sp³-hybridized carbons (Fsp3) is 0.318. The van der Waals surface area contributed by atoms with E-state index in [1.54, 1.807) is 0 Å². The first-order valence-electron chi connectivity index (χ1n) is 9.64. The van der Waals surface area contributed by atoms with Gasteiger partial charge in [0.2, 0.25) is 5.91 Å². The average Bonchev–Trinajstić information content (AvgIpc) is 3.25. The van der Waals surface area contributed by atoms with Crippen LogP contribution in [-0.2, 0) is 14.3 Å². The minimum Gasteiger partial charge on any atom is -0.481 e. The van der Waals surface area contributed by atoms with E-state index in [9.17, 15) is 14.4 Å². The molecule has 2 aromatic carbocycles. The minimum absolute atomic E-state index is 0.00960. The molecule has 1 aliphatic carbocycles. The van der Waals surface area contributed by atoms with Crippen LogP contribution >= 0.6 is 0 Å². The number of aliphatic carboxylic acids is 1. The maximum absolute atomic E-state index is 12.1. The third kappa shape index (κ3) is 3.81. The molecule has 0 spiro atoms. The summed E-state index contributed by atoms with van der Waals surface area (Å²) in [5.41, 5.74) is 4.61. The standard InChI is InChI=1S/C22H22N2O5/c25-20-11-14(21(26)27)12-24(20)10-9-23-22(28)29-13-19-17-7-3-1-5-15(17)16-6-2-4-8-18(16)19/h1-8,14,19H,9-13H2,(H,23,28)(H,26,27). The first kappa shape index (κ1) is 19.0. The number of carbonyl (C=O) groups is 3. The van der Waals surface area contributed by atoms with Gasteiger partial charge < -0.3 is 20.1 Å². The molecule has 1 atom stereocenters. The second-order valence-corrected chi connectivity index (χ2v) is 7.33. The Morgan fingerprint density at radius 1 is 1.07 bits per heavy atom. The Balaban J connectivity index is 1.29. The van der Waals surface area contributed by atoms with Crippen LogP contribution in [0, 0.1) is 5.92 Å². The van der Waals surface area contributed by atoms with Crippen molar-refractivity contribution < 1.29 is 24.2 Å². The van der Waals surface area contributed by atoms with Gasteiger partial charge in [0.25, 0.3) is 0 Å². The van der Waals surface area contributed by atoms with E-state index in [0.717, 1.165) is 22.3 Å². The van der Waals surface area contributed by atoms with Crippen LogP contribution in [0.2, 0.25) is 0 Å². The number of amides is 2. The van der Waals surface area contributed by atoms with E-state index in [0.29, 0.717) is 0 Å². The van der Waals surface area contributed by atoms with E-state index in [4.69, 9.17) is 9.84 Å². The molecule has 29 heavy (non-hydrogen) atoms. The number of nitrogens with zero attached hydrogens (tertiary/aromatic N) is 1. The predicted octanol–water partition coefficient (Wildman–Crippen LogP) is 2.46. The lowest BCUT2D eigenvalue weighted by atomic mass is 9.98. The number of carboxylic acids is 1. The summed E-state index contributed by atoms with van der Waals surface area (Å²) in [5, 5.41) is 11.7. The summed E-state index contributed by atoms with van der Waals surface area (Å²) >= 11 is 0. The molecule has 0 bridgehead atoms. The van der Waals surface area contributed by atoms with Gasteiger partial charge >= 0.3 is 12.1 Å². The fourth-order valence-corrected chi connectivity index (χ4v) is 4.10. The summed E-state index contributed by atoms with van der Waals surface area (Å²) in [6, 6.07) is 16.2. The second-order valence-electron chi connectivity index (χ2n) is 7.33. The van der Waals surface area contributed by atoms with Crippen LogP contribution in [0.3, 0.4) is 0 Å². The normalized spacial score (nSPS) is 17.7. The molecule has 7 heteroatoms. The summed E-state index contributed by atoms with van der Waals surface area (Å²) < 4.78 is 5.44. The molecule has 0 saturated carbocycles. The number of hydrogen-bond acceptors (Lipinski definition) is 4. The topological polar surface area (TPSA) is 95.9 Å². The third-order valence-corrected chi connectivity index (χ3v) is 5.56. The highest BCUT2D eigenvalue weighted by atomic mass is 16.5. The second kappa shape index (κ2) is 7.95. The molecule has 2 amide bonds. The maximum Gasteiger partial charge on any atom is 0.407 e. The quantitative estimate of drug-likeness (QED) is 0.785. The van der Waals surface area contributed by atoms with E-state index < -0.39 is 18.0 Å². The third-order valence-electron chi connectivity index (χ3n) is 5.56. The van der Waals surface area contributed by atoms with Crippen LogP contribution in [0.15, 0.2) is 48.5 Å². The zero-order valence-electron chi connectivity index (χ0n) is 15.8. The van der Waals surface area contributed by atoms with E-state index in [-0.39, 0.29) is 44.5 Å². The van der Waals surface area contributed by atoms with Crippen molar-refractivity contribution in [3.05, 3.63) is 59.7 Å². The number of ether oxygens (including phenoxy) is 1. The zero-order valence-corrected chi connectivity index (χ0v) is 15.8. The molecule has 2 aromatic rings. The smallest absolute Gasteiger partial charge is 0.407 e. The SMILES string of the molecule is O=C(NCCN1CC(C(=O)O)CC1=O)OCC1c2ccccc2-c2ccccc21. The van der Waals surface area contributed by atoms with Crippen LogP contribution in [-0.4, -0.2) is 54.2 Å². The number of rotatable bonds is 6. The van der Waals surface area contributed by atoms with E-state index in [2.05, 4.69) is 29.6 Å². The van der Waals surface area contributed by atoms with E-state index in [1.807, 2.05) is 24.3 Å². The number of benzene rings is 2. The fourth-order valence-electron chi connectivity index (χ4n) is 4.10. The summed E-state index contributed by atoms with van der Waals surface area (Å²) in [6.07, 6.45) is -0.534. The van der Waals surface area contributed by atoms with Crippen LogP contribution in [0.5, 0.6) is 0 Å². The number of alkyl carbamates (subject to hydrolysis) is 1. The first-order chi connectivity index (χ1) is 14.0. The Morgan fingerprint density at radius 2 is 1.69 bits per heavy atom. The van der Waals surface area contributed by atoms with Crippen molar-refractivity contribution >= 4 is 18.0 Å². The molecule has 2 N–H and O–H groups in total. The van der Waals surface area contributed by atoms with Crippen LogP contribution in [0.4, 0.5) is 4.79 Å². The Labute approximate surface area is 168 Å². The van der Waals surface area contributed by atoms with Gasteiger partial charge in [-0.1, -0.05) is 48.5 Å². The molecular formula is C22H22N2O5. The van der Waals surface area contributed by atoms with Crippen molar-refractivity contribution in [1.29, 1.82) is 0 Å². The van der Waals surface area contributed by atoms with Gasteiger partial charge in [0.05, 0.1) is 5.92 Å². The largest absolute Gasteiger partial charge is 0.481 e. The lowest BCUT2D eigenvalue weighted by Gasteiger charge is -2.17. The Hall–Kier alpha value is -3.35. The Bertz CT molecular complexity index is 912. The van der Waals surface area contributed by atoms with Crippen LogP contribution in [0.1, 0.15) is 23.5 Å². The summed E-state index contributed by atoms with van der Waals surface area (Å²) in [4.78, 5) is 36.4. The van der Waals surface area contributed by atoms with Crippen LogP contribution < -0.4 is 5.32 Å². The molecule has 2 aliphatic rings. The van der Waals surface area contributed by atoms with Crippen molar-refractivity contribution in [3.63, 3.8) is 0 Å². The number of nitrogens with one attached hydrogen (secondary N) is 1. The molecule has 0 aromatic heterocycles. The van der Waals surface area contributed by atoms with E-state index >= 15 is 0 Å². The lowest BCUT2D eigenvalue weighted by molar-refractivity contribution is -0.141. The maximum atomic E-state index is 12.1.